The van der Waals surface area contributed by atoms with Gasteiger partial charge in [0, 0.05) is 29.2 Å². The topological polar surface area (TPSA) is 3.24 Å². The molecule has 2 atom stereocenters. The Morgan fingerprint density at radius 1 is 1.21 bits per heavy atom. The molecule has 0 spiro atoms. The van der Waals surface area contributed by atoms with E-state index in [2.05, 4.69) is 47.9 Å². The van der Waals surface area contributed by atoms with E-state index in [1.54, 1.807) is 5.56 Å². The molecule has 1 aromatic carbocycles. The molecule has 2 heterocycles. The van der Waals surface area contributed by atoms with Crippen LogP contribution in [0.25, 0.3) is 0 Å². The minimum atomic E-state index is 0.758. The van der Waals surface area contributed by atoms with Crippen molar-refractivity contribution in [2.24, 2.45) is 0 Å². The van der Waals surface area contributed by atoms with Crippen molar-refractivity contribution >= 4 is 11.8 Å². The third kappa shape index (κ3) is 3.00. The van der Waals surface area contributed by atoms with Gasteiger partial charge in [0.1, 0.15) is 0 Å². The lowest BCUT2D eigenvalue weighted by atomic mass is 9.99. The fourth-order valence-corrected chi connectivity index (χ4v) is 4.84. The Morgan fingerprint density at radius 3 is 3.00 bits per heavy atom. The van der Waals surface area contributed by atoms with Gasteiger partial charge in [-0.2, -0.15) is 0 Å². The average Bonchev–Trinajstić information content (AvgIpc) is 2.71. The number of likely N-dealkylation sites (tertiary alicyclic amines) is 1. The van der Waals surface area contributed by atoms with Gasteiger partial charge >= 0.3 is 0 Å². The van der Waals surface area contributed by atoms with Crippen LogP contribution >= 0.6 is 11.8 Å². The first kappa shape index (κ1) is 13.5. The Hall–Kier alpha value is -0.470. The van der Waals surface area contributed by atoms with Gasteiger partial charge in [-0.15, -0.1) is 11.8 Å². The maximum atomic E-state index is 2.79. The van der Waals surface area contributed by atoms with Crippen molar-refractivity contribution in [3.05, 3.63) is 29.8 Å². The minimum absolute atomic E-state index is 0.758. The van der Waals surface area contributed by atoms with E-state index in [1.807, 2.05) is 0 Å². The maximum absolute atomic E-state index is 2.79. The number of rotatable bonds is 3. The molecule has 3 rings (SSSR count). The van der Waals surface area contributed by atoms with E-state index in [0.717, 1.165) is 12.0 Å². The summed E-state index contributed by atoms with van der Waals surface area (Å²) in [5.74, 6) is 2.04. The molecule has 1 aromatic rings. The Morgan fingerprint density at radius 2 is 2.11 bits per heavy atom. The second-order valence-corrected chi connectivity index (χ2v) is 7.01. The van der Waals surface area contributed by atoms with Gasteiger partial charge in [-0.05, 0) is 37.4 Å². The number of benzene rings is 1. The molecule has 1 nitrogen and oxygen atoms in total. The summed E-state index contributed by atoms with van der Waals surface area (Å²) in [5.41, 5.74) is 1.60. The van der Waals surface area contributed by atoms with Crippen molar-refractivity contribution in [3.8, 4) is 0 Å². The van der Waals surface area contributed by atoms with E-state index >= 15 is 0 Å². The van der Waals surface area contributed by atoms with E-state index in [-0.39, 0.29) is 0 Å². The summed E-state index contributed by atoms with van der Waals surface area (Å²) in [6.07, 6.45) is 7.01. The Bertz CT molecular complexity index is 417. The zero-order valence-electron chi connectivity index (χ0n) is 12.0. The second kappa shape index (κ2) is 6.32. The lowest BCUT2D eigenvalue weighted by Crippen LogP contribution is -2.37. The van der Waals surface area contributed by atoms with Gasteiger partial charge in [0.25, 0.3) is 0 Å². The van der Waals surface area contributed by atoms with Gasteiger partial charge in [0.15, 0.2) is 0 Å². The van der Waals surface area contributed by atoms with Gasteiger partial charge in [-0.3, -0.25) is 4.90 Å². The largest absolute Gasteiger partial charge is 0.300 e. The molecule has 0 saturated carbocycles. The van der Waals surface area contributed by atoms with Crippen LogP contribution in [-0.4, -0.2) is 29.8 Å². The second-order valence-electron chi connectivity index (χ2n) is 5.95. The number of nitrogens with zero attached hydrogens (tertiary/aromatic N) is 1. The van der Waals surface area contributed by atoms with Crippen molar-refractivity contribution in [1.29, 1.82) is 0 Å². The van der Waals surface area contributed by atoms with Gasteiger partial charge in [-0.1, -0.05) is 38.0 Å². The van der Waals surface area contributed by atoms with E-state index < -0.39 is 0 Å². The molecule has 0 bridgehead atoms. The average molecular weight is 275 g/mol. The highest BCUT2D eigenvalue weighted by molar-refractivity contribution is 7.99. The third-order valence-corrected chi connectivity index (χ3v) is 5.98. The first-order valence-electron chi connectivity index (χ1n) is 7.84. The van der Waals surface area contributed by atoms with Gasteiger partial charge in [-0.25, -0.2) is 0 Å². The molecule has 19 heavy (non-hydrogen) atoms. The highest BCUT2D eigenvalue weighted by atomic mass is 32.2. The molecule has 2 unspecified atom stereocenters. The number of hydrogen-bond donors (Lipinski definition) is 0. The fourth-order valence-electron chi connectivity index (χ4n) is 3.60. The highest BCUT2D eigenvalue weighted by Gasteiger charge is 2.27. The minimum Gasteiger partial charge on any atom is -0.300 e. The van der Waals surface area contributed by atoms with Crippen LogP contribution in [0.1, 0.15) is 50.5 Å². The molecular formula is C17H25NS. The number of fused-ring (bicyclic) bond motifs is 1. The van der Waals surface area contributed by atoms with Crippen LogP contribution in [0.3, 0.4) is 0 Å². The van der Waals surface area contributed by atoms with Crippen LogP contribution in [0.2, 0.25) is 0 Å². The monoisotopic (exact) mass is 275 g/mol. The molecule has 0 aliphatic carbocycles. The van der Waals surface area contributed by atoms with Crippen LogP contribution in [0, 0.1) is 0 Å². The predicted molar refractivity (Wildman–Crippen MR) is 84.0 cm³/mol. The smallest absolute Gasteiger partial charge is 0.0108 e. The summed E-state index contributed by atoms with van der Waals surface area (Å²) in [7, 11) is 0. The molecule has 1 fully saturated rings. The van der Waals surface area contributed by atoms with Crippen molar-refractivity contribution in [3.63, 3.8) is 0 Å². The Kier molecular flexibility index (Phi) is 4.49. The quantitative estimate of drug-likeness (QED) is 0.797. The highest BCUT2D eigenvalue weighted by Crippen LogP contribution is 2.40. The Balaban J connectivity index is 1.70. The molecule has 2 aliphatic rings. The standard InChI is InChI=1S/C17H25NS/c1-2-15-8-4-3-7-11-18(15)12-14-13-19-17-10-6-5-9-16(14)17/h5-6,9-10,14-15H,2-4,7-8,11-13H2,1H3. The SMILES string of the molecule is CCC1CCCCCN1CC1CSc2ccccc21. The lowest BCUT2D eigenvalue weighted by molar-refractivity contribution is 0.186. The molecule has 0 radical (unpaired) electrons. The number of hydrogen-bond acceptors (Lipinski definition) is 2. The molecule has 2 aliphatic heterocycles. The number of thioether (sulfide) groups is 1. The third-order valence-electron chi connectivity index (χ3n) is 4.72. The van der Waals surface area contributed by atoms with E-state index in [0.29, 0.717) is 0 Å². The predicted octanol–water partition coefficient (Wildman–Crippen LogP) is 4.53. The molecule has 2 heteroatoms. The maximum Gasteiger partial charge on any atom is 0.0108 e. The van der Waals surface area contributed by atoms with E-state index in [4.69, 9.17) is 0 Å². The Labute approximate surface area is 121 Å². The first-order valence-corrected chi connectivity index (χ1v) is 8.83. The van der Waals surface area contributed by atoms with Crippen LogP contribution in [0.15, 0.2) is 29.2 Å². The zero-order chi connectivity index (χ0) is 13.1. The van der Waals surface area contributed by atoms with Crippen molar-refractivity contribution in [2.75, 3.05) is 18.8 Å². The molecular weight excluding hydrogens is 250 g/mol. The molecule has 104 valence electrons. The van der Waals surface area contributed by atoms with Gasteiger partial charge < -0.3 is 0 Å². The van der Waals surface area contributed by atoms with Crippen LogP contribution in [0.5, 0.6) is 0 Å². The van der Waals surface area contributed by atoms with Crippen molar-refractivity contribution in [1.82, 2.24) is 4.90 Å². The van der Waals surface area contributed by atoms with Crippen molar-refractivity contribution < 1.29 is 0 Å². The zero-order valence-corrected chi connectivity index (χ0v) is 12.8. The van der Waals surface area contributed by atoms with Crippen LogP contribution < -0.4 is 0 Å². The summed E-state index contributed by atoms with van der Waals surface area (Å²) in [6, 6.07) is 9.85. The summed E-state index contributed by atoms with van der Waals surface area (Å²) in [5, 5.41) is 0. The van der Waals surface area contributed by atoms with Gasteiger partial charge in [0.2, 0.25) is 0 Å². The van der Waals surface area contributed by atoms with E-state index in [1.165, 1.54) is 55.8 Å². The summed E-state index contributed by atoms with van der Waals surface area (Å²) in [6.45, 7) is 4.96. The van der Waals surface area contributed by atoms with Crippen LogP contribution in [-0.2, 0) is 0 Å². The van der Waals surface area contributed by atoms with Crippen LogP contribution in [0.4, 0.5) is 0 Å². The summed E-state index contributed by atoms with van der Waals surface area (Å²) < 4.78 is 0. The molecule has 0 amide bonds. The lowest BCUT2D eigenvalue weighted by Gasteiger charge is -2.31. The molecule has 0 aromatic heterocycles. The summed E-state index contributed by atoms with van der Waals surface area (Å²) in [4.78, 5) is 4.32. The molecule has 0 N–H and O–H groups in total. The molecule has 1 saturated heterocycles. The van der Waals surface area contributed by atoms with Gasteiger partial charge in [0.05, 0.1) is 0 Å². The fraction of sp³-hybridized carbons (Fsp3) is 0.647. The normalized spacial score (nSPS) is 28.1. The first-order chi connectivity index (χ1) is 9.38. The van der Waals surface area contributed by atoms with E-state index in [9.17, 15) is 0 Å². The summed E-state index contributed by atoms with van der Waals surface area (Å²) >= 11 is 2.05. The van der Waals surface area contributed by atoms with Crippen molar-refractivity contribution in [2.45, 2.75) is 55.9 Å².